The zero-order chi connectivity index (χ0) is 12.1. The maximum atomic E-state index is 11.1. The van der Waals surface area contributed by atoms with E-state index in [4.69, 9.17) is 5.73 Å². The highest BCUT2D eigenvalue weighted by Crippen LogP contribution is 2.20. The van der Waals surface area contributed by atoms with Gasteiger partial charge in [0.2, 0.25) is 5.91 Å². The molecule has 0 bridgehead atoms. The molecule has 1 aromatic heterocycles. The zero-order valence-corrected chi connectivity index (χ0v) is 9.26. The molecule has 2 aromatic rings. The third kappa shape index (κ3) is 2.89. The number of rotatable bonds is 3. The Morgan fingerprint density at radius 2 is 1.65 bits per heavy atom. The lowest BCUT2D eigenvalue weighted by Crippen LogP contribution is -2.21. The summed E-state index contributed by atoms with van der Waals surface area (Å²) in [6, 6.07) is 11.5. The number of aromatic nitrogens is 1. The van der Waals surface area contributed by atoms with Crippen molar-refractivity contribution in [1.82, 2.24) is 4.98 Å². The van der Waals surface area contributed by atoms with Crippen LogP contribution in [0.15, 0.2) is 48.8 Å². The summed E-state index contributed by atoms with van der Waals surface area (Å²) < 4.78 is 0. The van der Waals surface area contributed by atoms with Crippen molar-refractivity contribution in [2.75, 3.05) is 11.9 Å². The SMILES string of the molecule is NCC(=O)Nc1ccc(-c2ccncc2)cc1. The van der Waals surface area contributed by atoms with Crippen molar-refractivity contribution in [1.29, 1.82) is 0 Å². The van der Waals surface area contributed by atoms with E-state index in [1.54, 1.807) is 12.4 Å². The van der Waals surface area contributed by atoms with Crippen LogP contribution in [0.3, 0.4) is 0 Å². The van der Waals surface area contributed by atoms with Gasteiger partial charge >= 0.3 is 0 Å². The summed E-state index contributed by atoms with van der Waals surface area (Å²) in [7, 11) is 0. The summed E-state index contributed by atoms with van der Waals surface area (Å²) in [6.45, 7) is -0.00783. The van der Waals surface area contributed by atoms with Crippen LogP contribution in [-0.4, -0.2) is 17.4 Å². The van der Waals surface area contributed by atoms with Crippen LogP contribution >= 0.6 is 0 Å². The third-order valence-corrected chi connectivity index (χ3v) is 2.37. The number of nitrogens with two attached hydrogens (primary N) is 1. The fourth-order valence-corrected chi connectivity index (χ4v) is 1.50. The van der Waals surface area contributed by atoms with E-state index in [0.29, 0.717) is 0 Å². The third-order valence-electron chi connectivity index (χ3n) is 2.37. The van der Waals surface area contributed by atoms with Gasteiger partial charge in [-0.1, -0.05) is 12.1 Å². The van der Waals surface area contributed by atoms with Crippen LogP contribution in [0, 0.1) is 0 Å². The highest BCUT2D eigenvalue weighted by atomic mass is 16.1. The molecule has 17 heavy (non-hydrogen) atoms. The van der Waals surface area contributed by atoms with Crippen LogP contribution in [0.4, 0.5) is 5.69 Å². The number of nitrogens with one attached hydrogen (secondary N) is 1. The molecule has 3 N–H and O–H groups in total. The summed E-state index contributed by atoms with van der Waals surface area (Å²) in [5, 5.41) is 2.69. The maximum Gasteiger partial charge on any atom is 0.238 e. The molecule has 1 aromatic carbocycles. The Labute approximate surface area is 99.5 Å². The van der Waals surface area contributed by atoms with Gasteiger partial charge < -0.3 is 11.1 Å². The van der Waals surface area contributed by atoms with Crippen molar-refractivity contribution in [3.05, 3.63) is 48.8 Å². The van der Waals surface area contributed by atoms with Crippen molar-refractivity contribution in [2.24, 2.45) is 5.73 Å². The molecule has 0 saturated carbocycles. The second-order valence-corrected chi connectivity index (χ2v) is 3.57. The Morgan fingerprint density at radius 1 is 1.06 bits per heavy atom. The van der Waals surface area contributed by atoms with Crippen LogP contribution in [0.2, 0.25) is 0 Å². The molecule has 0 saturated heterocycles. The molecule has 0 unspecified atom stereocenters. The maximum absolute atomic E-state index is 11.1. The van der Waals surface area contributed by atoms with E-state index in [9.17, 15) is 4.79 Å². The average Bonchev–Trinajstić information content (AvgIpc) is 2.40. The minimum atomic E-state index is -0.193. The van der Waals surface area contributed by atoms with Crippen molar-refractivity contribution in [2.45, 2.75) is 0 Å². The molecule has 0 aliphatic carbocycles. The average molecular weight is 227 g/mol. The minimum Gasteiger partial charge on any atom is -0.325 e. The lowest BCUT2D eigenvalue weighted by molar-refractivity contribution is -0.114. The number of hydrogen-bond donors (Lipinski definition) is 2. The Kier molecular flexibility index (Phi) is 3.47. The molecule has 2 rings (SSSR count). The van der Waals surface area contributed by atoms with Gasteiger partial charge in [0.15, 0.2) is 0 Å². The van der Waals surface area contributed by atoms with E-state index < -0.39 is 0 Å². The first-order valence-corrected chi connectivity index (χ1v) is 5.30. The fraction of sp³-hybridized carbons (Fsp3) is 0.0769. The smallest absolute Gasteiger partial charge is 0.238 e. The van der Waals surface area contributed by atoms with E-state index in [-0.39, 0.29) is 12.5 Å². The molecule has 86 valence electrons. The van der Waals surface area contributed by atoms with Crippen molar-refractivity contribution < 1.29 is 4.79 Å². The van der Waals surface area contributed by atoms with E-state index in [1.807, 2.05) is 36.4 Å². The van der Waals surface area contributed by atoms with Gasteiger partial charge in [-0.15, -0.1) is 0 Å². The Balaban J connectivity index is 2.16. The lowest BCUT2D eigenvalue weighted by atomic mass is 10.1. The lowest BCUT2D eigenvalue weighted by Gasteiger charge is -2.05. The van der Waals surface area contributed by atoms with Gasteiger partial charge in [0, 0.05) is 18.1 Å². The number of nitrogens with zero attached hydrogens (tertiary/aromatic N) is 1. The summed E-state index contributed by atoms with van der Waals surface area (Å²) in [6.07, 6.45) is 3.50. The molecule has 0 aliphatic heterocycles. The second kappa shape index (κ2) is 5.23. The van der Waals surface area contributed by atoms with E-state index in [0.717, 1.165) is 16.8 Å². The Hall–Kier alpha value is -2.20. The quantitative estimate of drug-likeness (QED) is 0.837. The summed E-state index contributed by atoms with van der Waals surface area (Å²) in [5.41, 5.74) is 8.15. The van der Waals surface area contributed by atoms with Crippen LogP contribution in [0.25, 0.3) is 11.1 Å². The predicted molar refractivity (Wildman–Crippen MR) is 67.4 cm³/mol. The number of pyridine rings is 1. The number of carbonyl (C=O) groups is 1. The Bertz CT molecular complexity index is 494. The molecule has 0 aliphatic rings. The molecular formula is C13H13N3O. The van der Waals surface area contributed by atoms with E-state index in [1.165, 1.54) is 0 Å². The van der Waals surface area contributed by atoms with Crippen molar-refractivity contribution in [3.8, 4) is 11.1 Å². The number of anilines is 1. The molecule has 0 atom stereocenters. The monoisotopic (exact) mass is 227 g/mol. The number of amides is 1. The second-order valence-electron chi connectivity index (χ2n) is 3.57. The zero-order valence-electron chi connectivity index (χ0n) is 9.26. The number of benzene rings is 1. The van der Waals surface area contributed by atoms with Gasteiger partial charge in [-0.25, -0.2) is 0 Å². The van der Waals surface area contributed by atoms with Crippen LogP contribution in [-0.2, 0) is 4.79 Å². The largest absolute Gasteiger partial charge is 0.325 e. The molecule has 4 heteroatoms. The van der Waals surface area contributed by atoms with Crippen LogP contribution < -0.4 is 11.1 Å². The predicted octanol–water partition coefficient (Wildman–Crippen LogP) is 1.65. The molecule has 1 heterocycles. The van der Waals surface area contributed by atoms with Gasteiger partial charge in [-0.3, -0.25) is 9.78 Å². The van der Waals surface area contributed by atoms with Gasteiger partial charge in [0.25, 0.3) is 0 Å². The van der Waals surface area contributed by atoms with Crippen molar-refractivity contribution >= 4 is 11.6 Å². The molecule has 1 amide bonds. The van der Waals surface area contributed by atoms with E-state index >= 15 is 0 Å². The fourth-order valence-electron chi connectivity index (χ4n) is 1.50. The molecule has 4 nitrogen and oxygen atoms in total. The summed E-state index contributed by atoms with van der Waals surface area (Å²) in [5.74, 6) is -0.193. The summed E-state index contributed by atoms with van der Waals surface area (Å²) >= 11 is 0. The summed E-state index contributed by atoms with van der Waals surface area (Å²) in [4.78, 5) is 15.1. The molecule has 0 fully saturated rings. The number of carbonyl (C=O) groups excluding carboxylic acids is 1. The minimum absolute atomic E-state index is 0.00783. The highest BCUT2D eigenvalue weighted by Gasteiger charge is 2.00. The van der Waals surface area contributed by atoms with Crippen LogP contribution in [0.5, 0.6) is 0 Å². The Morgan fingerprint density at radius 3 is 2.24 bits per heavy atom. The topological polar surface area (TPSA) is 68.0 Å². The first-order valence-electron chi connectivity index (χ1n) is 5.30. The van der Waals surface area contributed by atoms with Gasteiger partial charge in [-0.05, 0) is 35.4 Å². The first-order chi connectivity index (χ1) is 8.29. The van der Waals surface area contributed by atoms with Crippen molar-refractivity contribution in [3.63, 3.8) is 0 Å². The highest BCUT2D eigenvalue weighted by molar-refractivity contribution is 5.92. The number of hydrogen-bond acceptors (Lipinski definition) is 3. The molecule has 0 spiro atoms. The molecular weight excluding hydrogens is 214 g/mol. The standard InChI is InChI=1S/C13H13N3O/c14-9-13(17)16-12-3-1-10(2-4-12)11-5-7-15-8-6-11/h1-8H,9,14H2,(H,16,17). The van der Waals surface area contributed by atoms with Gasteiger partial charge in [-0.2, -0.15) is 0 Å². The molecule has 0 radical (unpaired) electrons. The normalized spacial score (nSPS) is 9.94. The van der Waals surface area contributed by atoms with Gasteiger partial charge in [0.1, 0.15) is 0 Å². The van der Waals surface area contributed by atoms with Gasteiger partial charge in [0.05, 0.1) is 6.54 Å². The van der Waals surface area contributed by atoms with Crippen LogP contribution in [0.1, 0.15) is 0 Å². The van der Waals surface area contributed by atoms with E-state index in [2.05, 4.69) is 10.3 Å². The first kappa shape index (κ1) is 11.3.